The first-order valence-corrected chi connectivity index (χ1v) is 8.75. The van der Waals surface area contributed by atoms with Crippen molar-refractivity contribution in [3.63, 3.8) is 0 Å². The maximum absolute atomic E-state index is 12.4. The Balaban J connectivity index is 1.88. The van der Waals surface area contributed by atoms with Gasteiger partial charge >= 0.3 is 5.69 Å². The van der Waals surface area contributed by atoms with E-state index >= 15 is 0 Å². The van der Waals surface area contributed by atoms with Crippen molar-refractivity contribution in [2.45, 2.75) is 19.0 Å². The molecule has 3 heterocycles. The van der Waals surface area contributed by atoms with Gasteiger partial charge in [-0.1, -0.05) is 17.8 Å². The third-order valence-electron chi connectivity index (χ3n) is 3.44. The zero-order valence-electron chi connectivity index (χ0n) is 11.9. The summed E-state index contributed by atoms with van der Waals surface area (Å²) in [5, 5.41) is 4.28. The highest BCUT2D eigenvalue weighted by Crippen LogP contribution is 2.19. The smallest absolute Gasteiger partial charge is 0.328 e. The molecule has 1 aliphatic rings. The Labute approximate surface area is 138 Å². The monoisotopic (exact) mass is 351 g/mol. The summed E-state index contributed by atoms with van der Waals surface area (Å²) < 4.78 is 0.978. The Morgan fingerprint density at radius 1 is 1.39 bits per heavy atom. The molecule has 1 saturated heterocycles. The predicted octanol–water partition coefficient (Wildman–Crippen LogP) is 0.408. The molecule has 7 nitrogen and oxygen atoms in total. The molecule has 0 aromatic carbocycles. The minimum Gasteiger partial charge on any atom is -0.341 e. The molecule has 0 aliphatic carbocycles. The van der Waals surface area contributed by atoms with E-state index in [2.05, 4.69) is 10.3 Å². The van der Waals surface area contributed by atoms with Crippen LogP contribution in [0.1, 0.15) is 21.7 Å². The molecule has 3 rings (SSSR count). The van der Waals surface area contributed by atoms with Crippen LogP contribution in [0.15, 0.2) is 33.3 Å². The normalized spacial score (nSPS) is 17.4. The second kappa shape index (κ2) is 6.55. The summed E-state index contributed by atoms with van der Waals surface area (Å²) in [6.45, 7) is 0.102. The van der Waals surface area contributed by atoms with Crippen molar-refractivity contribution in [3.8, 4) is 0 Å². The molecule has 1 fully saturated rings. The van der Waals surface area contributed by atoms with Crippen LogP contribution in [-0.4, -0.2) is 32.4 Å². The lowest BCUT2D eigenvalue weighted by Crippen LogP contribution is -2.44. The Bertz CT molecular complexity index is 854. The van der Waals surface area contributed by atoms with Gasteiger partial charge in [0.1, 0.15) is 5.56 Å². The first-order valence-electron chi connectivity index (χ1n) is 6.88. The Hall–Kier alpha value is -2.13. The number of H-pyrrole nitrogens is 1. The molecule has 1 unspecified atom stereocenters. The van der Waals surface area contributed by atoms with Crippen LogP contribution in [0, 0.1) is 0 Å². The minimum atomic E-state index is -0.669. The summed E-state index contributed by atoms with van der Waals surface area (Å²) in [6, 6.07) is 3.04. The summed E-state index contributed by atoms with van der Waals surface area (Å²) in [7, 11) is 0. The number of thioether (sulfide) groups is 1. The molecule has 2 N–H and O–H groups in total. The molecule has 9 heteroatoms. The quantitative estimate of drug-likeness (QED) is 0.831. The predicted molar refractivity (Wildman–Crippen MR) is 88.1 cm³/mol. The van der Waals surface area contributed by atoms with E-state index in [1.807, 2.05) is 11.4 Å². The number of nitrogens with zero attached hydrogens (tertiary/aromatic N) is 1. The van der Waals surface area contributed by atoms with Crippen molar-refractivity contribution in [1.29, 1.82) is 0 Å². The van der Waals surface area contributed by atoms with E-state index in [9.17, 15) is 19.2 Å². The molecule has 1 amide bonds. The van der Waals surface area contributed by atoms with Crippen LogP contribution in [0.25, 0.3) is 0 Å². The summed E-state index contributed by atoms with van der Waals surface area (Å²) in [5.41, 5.74) is -1.42. The number of hydrogen-bond donors (Lipinski definition) is 2. The fraction of sp³-hybridized carbons (Fsp3) is 0.286. The zero-order valence-corrected chi connectivity index (χ0v) is 13.5. The van der Waals surface area contributed by atoms with Crippen molar-refractivity contribution in [2.75, 3.05) is 5.75 Å². The fourth-order valence-corrected chi connectivity index (χ4v) is 3.86. The number of thiophene rings is 1. The van der Waals surface area contributed by atoms with Gasteiger partial charge in [0.25, 0.3) is 11.5 Å². The van der Waals surface area contributed by atoms with Crippen molar-refractivity contribution in [1.82, 2.24) is 14.9 Å². The van der Waals surface area contributed by atoms with Gasteiger partial charge in [-0.15, -0.1) is 11.3 Å². The molecule has 120 valence electrons. The third-order valence-corrected chi connectivity index (χ3v) is 5.31. The van der Waals surface area contributed by atoms with E-state index in [-0.39, 0.29) is 17.2 Å². The fourth-order valence-electron chi connectivity index (χ4n) is 2.24. The number of nitrogens with one attached hydrogen (secondary N) is 2. The van der Waals surface area contributed by atoms with Crippen molar-refractivity contribution in [2.24, 2.45) is 0 Å². The van der Waals surface area contributed by atoms with E-state index < -0.39 is 23.2 Å². The zero-order chi connectivity index (χ0) is 16.4. The summed E-state index contributed by atoms with van der Waals surface area (Å²) in [6.07, 6.45) is 1.64. The molecule has 1 atom stereocenters. The molecule has 1 aliphatic heterocycles. The summed E-state index contributed by atoms with van der Waals surface area (Å²) >= 11 is 2.58. The van der Waals surface area contributed by atoms with E-state index in [0.29, 0.717) is 12.2 Å². The number of hydrogen-bond acceptors (Lipinski definition) is 6. The van der Waals surface area contributed by atoms with Gasteiger partial charge in [-0.25, -0.2) is 4.79 Å². The van der Waals surface area contributed by atoms with Gasteiger partial charge in [0.2, 0.25) is 5.12 Å². The Kier molecular flexibility index (Phi) is 4.49. The second-order valence-corrected chi connectivity index (χ2v) is 7.09. The highest BCUT2D eigenvalue weighted by atomic mass is 32.2. The van der Waals surface area contributed by atoms with E-state index in [1.54, 1.807) is 6.07 Å². The average Bonchev–Trinajstić information content (AvgIpc) is 3.16. The standard InChI is InChI=1S/C14H13N3O4S2/c18-11(16-10-3-5-23-13(10)20)9-6-15-14(21)17(12(9)19)7-8-2-1-4-22-8/h1-2,4,6,10H,3,5,7H2,(H,15,21)(H,16,18). The van der Waals surface area contributed by atoms with Crippen LogP contribution in [-0.2, 0) is 11.3 Å². The van der Waals surface area contributed by atoms with E-state index in [1.165, 1.54) is 11.3 Å². The van der Waals surface area contributed by atoms with Gasteiger partial charge < -0.3 is 10.3 Å². The lowest BCUT2D eigenvalue weighted by molar-refractivity contribution is -0.112. The van der Waals surface area contributed by atoms with Crippen LogP contribution in [0.3, 0.4) is 0 Å². The third kappa shape index (κ3) is 3.30. The number of carbonyl (C=O) groups is 2. The van der Waals surface area contributed by atoms with Gasteiger partial charge in [-0.2, -0.15) is 0 Å². The molecule has 0 saturated carbocycles. The molecule has 2 aromatic heterocycles. The molecule has 0 bridgehead atoms. The number of amides is 1. The first-order chi connectivity index (χ1) is 11.1. The van der Waals surface area contributed by atoms with Crippen LogP contribution in [0.2, 0.25) is 0 Å². The van der Waals surface area contributed by atoms with Crippen LogP contribution in [0.5, 0.6) is 0 Å². The van der Waals surface area contributed by atoms with Crippen LogP contribution < -0.4 is 16.6 Å². The topological polar surface area (TPSA) is 101 Å². The highest BCUT2D eigenvalue weighted by molar-refractivity contribution is 8.14. The molecule has 23 heavy (non-hydrogen) atoms. The van der Waals surface area contributed by atoms with E-state index in [4.69, 9.17) is 0 Å². The average molecular weight is 351 g/mol. The van der Waals surface area contributed by atoms with Gasteiger partial charge in [-0.3, -0.25) is 19.0 Å². The van der Waals surface area contributed by atoms with Gasteiger partial charge in [0.15, 0.2) is 0 Å². The molecule has 0 radical (unpaired) electrons. The maximum Gasteiger partial charge on any atom is 0.328 e. The van der Waals surface area contributed by atoms with Gasteiger partial charge in [0, 0.05) is 16.8 Å². The van der Waals surface area contributed by atoms with Crippen molar-refractivity contribution < 1.29 is 9.59 Å². The van der Waals surface area contributed by atoms with Crippen LogP contribution in [0.4, 0.5) is 0 Å². The second-order valence-electron chi connectivity index (χ2n) is 4.96. The van der Waals surface area contributed by atoms with Crippen LogP contribution >= 0.6 is 23.1 Å². The SMILES string of the molecule is O=C(NC1CCSC1=O)c1c[nH]c(=O)n(Cc2cccs2)c1=O. The number of carbonyl (C=O) groups excluding carboxylic acids is 2. The van der Waals surface area contributed by atoms with Gasteiger partial charge in [-0.05, 0) is 17.9 Å². The molecule has 2 aromatic rings. The minimum absolute atomic E-state index is 0.102. The highest BCUT2D eigenvalue weighted by Gasteiger charge is 2.28. The Morgan fingerprint density at radius 2 is 2.22 bits per heavy atom. The van der Waals surface area contributed by atoms with E-state index in [0.717, 1.165) is 27.4 Å². The number of aromatic amines is 1. The lowest BCUT2D eigenvalue weighted by Gasteiger charge is -2.10. The number of aromatic nitrogens is 2. The summed E-state index contributed by atoms with van der Waals surface area (Å²) in [4.78, 5) is 51.3. The first kappa shape index (κ1) is 15.8. The van der Waals surface area contributed by atoms with Gasteiger partial charge in [0.05, 0.1) is 12.6 Å². The largest absolute Gasteiger partial charge is 0.341 e. The maximum atomic E-state index is 12.4. The number of rotatable bonds is 4. The lowest BCUT2D eigenvalue weighted by atomic mass is 10.2. The summed E-state index contributed by atoms with van der Waals surface area (Å²) in [5.74, 6) is 0.00454. The van der Waals surface area contributed by atoms with Crippen molar-refractivity contribution >= 4 is 34.1 Å². The molecule has 0 spiro atoms. The molecular weight excluding hydrogens is 338 g/mol. The van der Waals surface area contributed by atoms with Crippen molar-refractivity contribution in [3.05, 3.63) is 55.0 Å². The molecular formula is C14H13N3O4S2. The Morgan fingerprint density at radius 3 is 2.87 bits per heavy atom.